The van der Waals surface area contributed by atoms with Crippen molar-refractivity contribution < 1.29 is 19.0 Å². The van der Waals surface area contributed by atoms with Crippen molar-refractivity contribution in [1.82, 2.24) is 0 Å². The maximum absolute atomic E-state index is 11.2. The molecule has 0 spiro atoms. The number of esters is 1. The number of benzene rings is 1. The van der Waals surface area contributed by atoms with Crippen LogP contribution in [-0.2, 0) is 9.53 Å². The number of unbranched alkanes of at least 4 members (excludes halogenated alkanes) is 5. The molecule has 0 unspecified atom stereocenters. The molecule has 0 aromatic heterocycles. The highest BCUT2D eigenvalue weighted by Gasteiger charge is 2.23. The third kappa shape index (κ3) is 11.8. The van der Waals surface area contributed by atoms with Crippen LogP contribution in [0.1, 0.15) is 51.0 Å². The van der Waals surface area contributed by atoms with E-state index in [-0.39, 0.29) is 0 Å². The van der Waals surface area contributed by atoms with Crippen LogP contribution in [0.3, 0.4) is 0 Å². The molecule has 28 heavy (non-hydrogen) atoms. The minimum Gasteiger partial charge on any atom is -0.490 e. The lowest BCUT2D eigenvalue weighted by atomic mass is 10.1. The van der Waals surface area contributed by atoms with Crippen molar-refractivity contribution in [3.05, 3.63) is 29.8 Å². The maximum Gasteiger partial charge on any atom is 0.341 e. The van der Waals surface area contributed by atoms with E-state index in [4.69, 9.17) is 42.7 Å². The van der Waals surface area contributed by atoms with E-state index in [0.717, 1.165) is 50.1 Å². The molecule has 1 aromatic carbocycles. The molecule has 1 aromatic rings. The molecule has 8 heteroatoms. The van der Waals surface area contributed by atoms with E-state index >= 15 is 0 Å². The minimum atomic E-state index is -2.45. The molecular weight excluding hydrogens is 439 g/mol. The Morgan fingerprint density at radius 1 is 1.00 bits per heavy atom. The highest BCUT2D eigenvalue weighted by atomic mass is 35.8. The molecule has 0 amide bonds. The molecule has 1 rings (SSSR count). The summed E-state index contributed by atoms with van der Waals surface area (Å²) in [7, 11) is 1.35. The average Bonchev–Trinajstić information content (AvgIpc) is 2.65. The highest BCUT2D eigenvalue weighted by molar-refractivity contribution is 7.64. The summed E-state index contributed by atoms with van der Waals surface area (Å²) in [6.07, 6.45) is 9.56. The van der Waals surface area contributed by atoms with Gasteiger partial charge in [-0.1, -0.05) is 38.2 Å². The summed E-state index contributed by atoms with van der Waals surface area (Å²) in [5.41, 5.74) is 0.846. The van der Waals surface area contributed by atoms with Gasteiger partial charge in [-0.25, -0.2) is 4.79 Å². The lowest BCUT2D eigenvalue weighted by molar-refractivity contribution is -0.134. The molecule has 0 aliphatic rings. The van der Waals surface area contributed by atoms with Crippen molar-refractivity contribution in [2.75, 3.05) is 20.3 Å². The largest absolute Gasteiger partial charge is 0.490 e. The van der Waals surface area contributed by atoms with E-state index < -0.39 is 12.0 Å². The van der Waals surface area contributed by atoms with Crippen LogP contribution in [0.15, 0.2) is 24.3 Å². The molecule has 0 atom stereocenters. The van der Waals surface area contributed by atoms with Gasteiger partial charge in [-0.3, -0.25) is 0 Å². The fourth-order valence-corrected chi connectivity index (χ4v) is 4.42. The van der Waals surface area contributed by atoms with E-state index in [9.17, 15) is 4.79 Å². The van der Waals surface area contributed by atoms with Crippen LogP contribution in [-0.4, -0.2) is 32.3 Å². The second-order valence-corrected chi connectivity index (χ2v) is 15.6. The van der Waals surface area contributed by atoms with Crippen molar-refractivity contribution in [2.45, 2.75) is 51.5 Å². The zero-order valence-corrected chi connectivity index (χ0v) is 19.8. The summed E-state index contributed by atoms with van der Waals surface area (Å²) in [4.78, 5) is 11.2. The van der Waals surface area contributed by atoms with E-state index in [2.05, 4.69) is 4.74 Å². The van der Waals surface area contributed by atoms with E-state index in [1.165, 1.54) is 13.2 Å². The molecule has 0 saturated heterocycles. The van der Waals surface area contributed by atoms with Gasteiger partial charge in [0.2, 0.25) is 0 Å². The highest BCUT2D eigenvalue weighted by Crippen LogP contribution is 2.30. The zero-order valence-electron chi connectivity index (χ0n) is 16.5. The molecule has 0 saturated carbocycles. The second-order valence-electron chi connectivity index (χ2n) is 6.33. The quantitative estimate of drug-likeness (QED) is 0.101. The third-order valence-corrected chi connectivity index (χ3v) is 6.61. The van der Waals surface area contributed by atoms with Crippen LogP contribution in [0.4, 0.5) is 0 Å². The van der Waals surface area contributed by atoms with Crippen LogP contribution in [0, 0.1) is 0 Å². The summed E-state index contributed by atoms with van der Waals surface area (Å²) in [5.74, 6) is 0.989. The van der Waals surface area contributed by atoms with Crippen molar-refractivity contribution >= 4 is 51.3 Å². The number of hydrogen-bond donors (Lipinski definition) is 0. The van der Waals surface area contributed by atoms with E-state index in [1.54, 1.807) is 6.08 Å². The van der Waals surface area contributed by atoms with Crippen LogP contribution < -0.4 is 9.47 Å². The Kier molecular flexibility index (Phi) is 12.7. The Hall–Kier alpha value is -0.883. The maximum atomic E-state index is 11.2. The van der Waals surface area contributed by atoms with Gasteiger partial charge in [0.1, 0.15) is 0 Å². The van der Waals surface area contributed by atoms with Gasteiger partial charge in [0.25, 0.3) is 0 Å². The number of carbonyl (C=O) groups is 1. The van der Waals surface area contributed by atoms with Crippen LogP contribution in [0.2, 0.25) is 6.04 Å². The number of carbonyl (C=O) groups excluding carboxylic acids is 1. The fraction of sp³-hybridized carbons (Fsp3) is 0.550. The Morgan fingerprint density at radius 3 is 2.32 bits per heavy atom. The van der Waals surface area contributed by atoms with Gasteiger partial charge in [0.15, 0.2) is 11.5 Å². The molecule has 0 N–H and O–H groups in total. The standard InChI is InChI=1S/C20H29Cl3O4Si/c1-3-26-19-16-17(11-13-20(24)25-2)10-12-18(19)27-14-8-6-4-5-7-9-15-28(21,22)23/h10-13,16H,3-9,14-15H2,1-2H3/b13-11+. The van der Waals surface area contributed by atoms with Crippen LogP contribution in [0.25, 0.3) is 6.08 Å². The molecule has 0 aliphatic heterocycles. The van der Waals surface area contributed by atoms with Gasteiger partial charge in [0, 0.05) is 6.08 Å². The smallest absolute Gasteiger partial charge is 0.341 e. The van der Waals surface area contributed by atoms with E-state index in [1.807, 2.05) is 25.1 Å². The summed E-state index contributed by atoms with van der Waals surface area (Å²) >= 11 is 17.6. The first-order chi connectivity index (χ1) is 13.4. The van der Waals surface area contributed by atoms with Crippen molar-refractivity contribution in [2.24, 2.45) is 0 Å². The normalized spacial score (nSPS) is 11.6. The van der Waals surface area contributed by atoms with Crippen LogP contribution >= 0.6 is 33.2 Å². The second kappa shape index (κ2) is 14.2. The van der Waals surface area contributed by atoms with Gasteiger partial charge in [-0.15, -0.1) is 33.2 Å². The Labute approximate surface area is 183 Å². The monoisotopic (exact) mass is 466 g/mol. The number of rotatable bonds is 14. The van der Waals surface area contributed by atoms with Gasteiger partial charge >= 0.3 is 12.0 Å². The summed E-state index contributed by atoms with van der Waals surface area (Å²) < 4.78 is 16.1. The molecule has 0 bridgehead atoms. The molecular formula is C20H29Cl3O4Si. The molecule has 158 valence electrons. The average molecular weight is 468 g/mol. The van der Waals surface area contributed by atoms with Crippen molar-refractivity contribution in [3.63, 3.8) is 0 Å². The molecule has 4 nitrogen and oxygen atoms in total. The molecule has 0 heterocycles. The van der Waals surface area contributed by atoms with Gasteiger partial charge in [-0.2, -0.15) is 0 Å². The van der Waals surface area contributed by atoms with Crippen molar-refractivity contribution in [3.8, 4) is 11.5 Å². The van der Waals surface area contributed by atoms with Gasteiger partial charge < -0.3 is 14.2 Å². The number of ether oxygens (including phenoxy) is 3. The minimum absolute atomic E-state index is 0.396. The summed E-state index contributed by atoms with van der Waals surface area (Å²) in [6.45, 7) is 3.10. The zero-order chi connectivity index (χ0) is 20.8. The van der Waals surface area contributed by atoms with Crippen molar-refractivity contribution in [1.29, 1.82) is 0 Å². The number of methoxy groups -OCH3 is 1. The van der Waals surface area contributed by atoms with Crippen LogP contribution in [0.5, 0.6) is 11.5 Å². The lowest BCUT2D eigenvalue weighted by Crippen LogP contribution is -2.07. The first-order valence-electron chi connectivity index (χ1n) is 9.58. The summed E-state index contributed by atoms with van der Waals surface area (Å²) in [6, 6.07) is 3.89. The molecule has 0 aliphatic carbocycles. The first kappa shape index (κ1) is 25.2. The number of hydrogen-bond acceptors (Lipinski definition) is 4. The third-order valence-electron chi connectivity index (χ3n) is 3.99. The van der Waals surface area contributed by atoms with Gasteiger partial charge in [-0.05, 0) is 43.2 Å². The Bertz CT molecular complexity index is 618. The molecule has 0 fully saturated rings. The van der Waals surface area contributed by atoms with Gasteiger partial charge in [0.05, 0.1) is 20.3 Å². The topological polar surface area (TPSA) is 44.8 Å². The molecule has 0 radical (unpaired) electrons. The van der Waals surface area contributed by atoms with E-state index in [0.29, 0.717) is 24.7 Å². The summed E-state index contributed by atoms with van der Waals surface area (Å²) in [5, 5.41) is 0. The predicted molar refractivity (Wildman–Crippen MR) is 120 cm³/mol. The SMILES string of the molecule is CCOc1cc(/C=C/C(=O)OC)ccc1OCCCCCCCC[Si](Cl)(Cl)Cl. The Balaban J connectivity index is 2.35. The lowest BCUT2D eigenvalue weighted by Gasteiger charge is -2.12. The fourth-order valence-electron chi connectivity index (χ4n) is 2.56. The first-order valence-corrected chi connectivity index (χ1v) is 14.8. The Morgan fingerprint density at radius 2 is 1.68 bits per heavy atom. The number of halogens is 3. The predicted octanol–water partition coefficient (Wildman–Crippen LogP) is 6.65.